The van der Waals surface area contributed by atoms with Crippen molar-refractivity contribution < 1.29 is 14.6 Å². The van der Waals surface area contributed by atoms with E-state index in [0.29, 0.717) is 18.7 Å². The smallest absolute Gasteiger partial charge is 0.337 e. The molecular formula is C20H20ClNO3. The van der Waals surface area contributed by atoms with Gasteiger partial charge in [-0.1, -0.05) is 29.8 Å². The third kappa shape index (κ3) is 3.64. The number of carboxylic acid groups (broad SMARTS) is 1. The second-order valence-electron chi connectivity index (χ2n) is 6.13. The van der Waals surface area contributed by atoms with Gasteiger partial charge in [-0.2, -0.15) is 0 Å². The first-order valence-corrected chi connectivity index (χ1v) is 8.56. The van der Waals surface area contributed by atoms with Crippen LogP contribution in [0.2, 0.25) is 5.02 Å². The molecule has 4 nitrogen and oxygen atoms in total. The van der Waals surface area contributed by atoms with Crippen LogP contribution in [0.25, 0.3) is 10.9 Å². The van der Waals surface area contributed by atoms with Gasteiger partial charge in [-0.05, 0) is 49.6 Å². The Morgan fingerprint density at radius 2 is 1.88 bits per heavy atom. The average Bonchev–Trinajstić information content (AvgIpc) is 2.96. The van der Waals surface area contributed by atoms with Crippen molar-refractivity contribution in [3.05, 3.63) is 64.3 Å². The molecule has 1 N–H and O–H groups in total. The highest BCUT2D eigenvalue weighted by Crippen LogP contribution is 2.26. The zero-order valence-corrected chi connectivity index (χ0v) is 15.0. The Bertz CT molecular complexity index is 907. The molecule has 0 unspecified atom stereocenters. The summed E-state index contributed by atoms with van der Waals surface area (Å²) >= 11 is 6.17. The van der Waals surface area contributed by atoms with Crippen molar-refractivity contribution in [3.8, 4) is 5.75 Å². The van der Waals surface area contributed by atoms with E-state index in [4.69, 9.17) is 16.3 Å². The molecule has 0 fully saturated rings. The Kier molecular flexibility index (Phi) is 5.00. The maximum Gasteiger partial charge on any atom is 0.337 e. The molecule has 3 rings (SSSR count). The highest BCUT2D eigenvalue weighted by atomic mass is 35.5. The summed E-state index contributed by atoms with van der Waals surface area (Å²) in [5.41, 5.74) is 3.26. The lowest BCUT2D eigenvalue weighted by molar-refractivity contribution is 0.0699. The topological polar surface area (TPSA) is 51.5 Å². The van der Waals surface area contributed by atoms with Crippen LogP contribution >= 0.6 is 11.6 Å². The number of aromatic nitrogens is 1. The second kappa shape index (κ2) is 7.19. The molecule has 2 aromatic carbocycles. The number of aryl methyl sites for hydroxylation is 3. The van der Waals surface area contributed by atoms with E-state index >= 15 is 0 Å². The van der Waals surface area contributed by atoms with Gasteiger partial charge >= 0.3 is 5.97 Å². The molecule has 0 aliphatic carbocycles. The number of hydrogen-bond donors (Lipinski definition) is 1. The monoisotopic (exact) mass is 357 g/mol. The molecule has 0 aliphatic heterocycles. The van der Waals surface area contributed by atoms with Gasteiger partial charge in [-0.15, -0.1) is 0 Å². The van der Waals surface area contributed by atoms with Crippen LogP contribution in [0.15, 0.2) is 42.6 Å². The van der Waals surface area contributed by atoms with Crippen molar-refractivity contribution in [1.29, 1.82) is 0 Å². The predicted octanol–water partition coefficient (Wildman–Crippen LogP) is 5.08. The van der Waals surface area contributed by atoms with Crippen molar-refractivity contribution in [2.75, 3.05) is 6.61 Å². The highest BCUT2D eigenvalue weighted by Gasteiger charge is 2.13. The molecule has 0 bridgehead atoms. The van der Waals surface area contributed by atoms with E-state index in [2.05, 4.69) is 0 Å². The van der Waals surface area contributed by atoms with Crippen LogP contribution in [-0.2, 0) is 6.54 Å². The summed E-state index contributed by atoms with van der Waals surface area (Å²) in [6.07, 6.45) is 2.47. The first kappa shape index (κ1) is 17.4. The first-order valence-electron chi connectivity index (χ1n) is 8.18. The minimum absolute atomic E-state index is 0.334. The third-order valence-corrected chi connectivity index (χ3v) is 4.84. The van der Waals surface area contributed by atoms with Crippen LogP contribution in [-0.4, -0.2) is 22.2 Å². The number of aromatic carboxylic acids is 1. The van der Waals surface area contributed by atoms with E-state index in [1.807, 2.05) is 54.8 Å². The van der Waals surface area contributed by atoms with Crippen molar-refractivity contribution in [2.45, 2.75) is 26.8 Å². The van der Waals surface area contributed by atoms with Crippen LogP contribution in [0.4, 0.5) is 0 Å². The molecule has 0 spiro atoms. The van der Waals surface area contributed by atoms with Gasteiger partial charge in [-0.3, -0.25) is 0 Å². The van der Waals surface area contributed by atoms with Crippen LogP contribution in [0.1, 0.15) is 27.9 Å². The van der Waals surface area contributed by atoms with Crippen LogP contribution in [0.5, 0.6) is 5.75 Å². The van der Waals surface area contributed by atoms with Gasteiger partial charge in [-0.25, -0.2) is 4.79 Å². The lowest BCUT2D eigenvalue weighted by atomic mass is 10.1. The SMILES string of the molecule is Cc1cc(OCCCn2cc(C(=O)O)c3ccccc32)cc(C)c1Cl. The molecule has 0 atom stereocenters. The maximum atomic E-state index is 11.4. The number of para-hydroxylation sites is 1. The van der Waals surface area contributed by atoms with Gasteiger partial charge in [0.25, 0.3) is 0 Å². The zero-order valence-electron chi connectivity index (χ0n) is 14.3. The van der Waals surface area contributed by atoms with Crippen molar-refractivity contribution >= 4 is 28.5 Å². The summed E-state index contributed by atoms with van der Waals surface area (Å²) in [7, 11) is 0. The first-order chi connectivity index (χ1) is 12.0. The normalized spacial score (nSPS) is 11.0. The van der Waals surface area contributed by atoms with E-state index in [1.165, 1.54) is 0 Å². The van der Waals surface area contributed by atoms with Crippen LogP contribution in [0, 0.1) is 13.8 Å². The molecule has 1 aromatic heterocycles. The lowest BCUT2D eigenvalue weighted by Crippen LogP contribution is -2.04. The number of rotatable bonds is 6. The fraction of sp³-hybridized carbons (Fsp3) is 0.250. The van der Waals surface area contributed by atoms with Gasteiger partial charge < -0.3 is 14.4 Å². The molecule has 1 heterocycles. The third-order valence-electron chi connectivity index (χ3n) is 4.24. The molecule has 0 amide bonds. The second-order valence-corrected chi connectivity index (χ2v) is 6.51. The number of carbonyl (C=O) groups is 1. The summed E-state index contributed by atoms with van der Waals surface area (Å²) in [5.74, 6) is -0.0960. The van der Waals surface area contributed by atoms with Crippen LogP contribution in [0.3, 0.4) is 0 Å². The van der Waals surface area contributed by atoms with Gasteiger partial charge in [0.15, 0.2) is 0 Å². The molecule has 25 heavy (non-hydrogen) atoms. The molecule has 130 valence electrons. The largest absolute Gasteiger partial charge is 0.494 e. The number of fused-ring (bicyclic) bond motifs is 1. The standard InChI is InChI=1S/C20H20ClNO3/c1-13-10-15(11-14(2)19(13)21)25-9-5-8-22-12-17(20(23)24)16-6-3-4-7-18(16)22/h3-4,6-7,10-12H,5,8-9H2,1-2H3,(H,23,24). The van der Waals surface area contributed by atoms with E-state index < -0.39 is 5.97 Å². The Labute approximate surface area is 151 Å². The molecule has 5 heteroatoms. The quantitative estimate of drug-likeness (QED) is 0.626. The number of carboxylic acids is 1. The van der Waals surface area contributed by atoms with E-state index in [1.54, 1.807) is 6.20 Å². The van der Waals surface area contributed by atoms with E-state index in [-0.39, 0.29) is 0 Å². The molecule has 3 aromatic rings. The Morgan fingerprint density at radius 1 is 1.20 bits per heavy atom. The number of halogens is 1. The van der Waals surface area contributed by atoms with E-state index in [9.17, 15) is 9.90 Å². The van der Waals surface area contributed by atoms with Crippen molar-refractivity contribution in [2.24, 2.45) is 0 Å². The molecule has 0 aliphatic rings. The number of hydrogen-bond acceptors (Lipinski definition) is 2. The van der Waals surface area contributed by atoms with Gasteiger partial charge in [0, 0.05) is 28.7 Å². The minimum atomic E-state index is -0.904. The molecule has 0 saturated heterocycles. The minimum Gasteiger partial charge on any atom is -0.494 e. The highest BCUT2D eigenvalue weighted by molar-refractivity contribution is 6.32. The van der Waals surface area contributed by atoms with Gasteiger partial charge in [0.1, 0.15) is 5.75 Å². The lowest BCUT2D eigenvalue weighted by Gasteiger charge is -2.10. The summed E-state index contributed by atoms with van der Waals surface area (Å²) in [5, 5.41) is 10.9. The Morgan fingerprint density at radius 3 is 2.56 bits per heavy atom. The number of nitrogens with zero attached hydrogens (tertiary/aromatic N) is 1. The summed E-state index contributed by atoms with van der Waals surface area (Å²) in [4.78, 5) is 11.4. The average molecular weight is 358 g/mol. The fourth-order valence-corrected chi connectivity index (χ4v) is 3.13. The van der Waals surface area contributed by atoms with Crippen LogP contribution < -0.4 is 4.74 Å². The number of ether oxygens (including phenoxy) is 1. The van der Waals surface area contributed by atoms with Gasteiger partial charge in [0.05, 0.1) is 12.2 Å². The molecule has 0 radical (unpaired) electrons. The van der Waals surface area contributed by atoms with Gasteiger partial charge in [0.2, 0.25) is 0 Å². The van der Waals surface area contributed by atoms with E-state index in [0.717, 1.165) is 39.2 Å². The van der Waals surface area contributed by atoms with Crippen molar-refractivity contribution in [3.63, 3.8) is 0 Å². The molecule has 0 saturated carbocycles. The number of benzene rings is 2. The predicted molar refractivity (Wildman–Crippen MR) is 99.9 cm³/mol. The Balaban J connectivity index is 1.67. The molecular weight excluding hydrogens is 338 g/mol. The van der Waals surface area contributed by atoms with Crippen molar-refractivity contribution in [1.82, 2.24) is 4.57 Å². The maximum absolute atomic E-state index is 11.4. The summed E-state index contributed by atoms with van der Waals surface area (Å²) < 4.78 is 7.80. The summed E-state index contributed by atoms with van der Waals surface area (Å²) in [6, 6.07) is 11.4. The fourth-order valence-electron chi connectivity index (χ4n) is 3.02. The summed E-state index contributed by atoms with van der Waals surface area (Å²) in [6.45, 7) is 5.16. The Hall–Kier alpha value is -2.46. The zero-order chi connectivity index (χ0) is 18.0.